The van der Waals surface area contributed by atoms with Crippen LogP contribution < -0.4 is 15.2 Å². The Hall–Kier alpha value is -1.46. The number of rotatable bonds is 5. The summed E-state index contributed by atoms with van der Waals surface area (Å²) in [4.78, 5) is 4.57. The van der Waals surface area contributed by atoms with Crippen molar-refractivity contribution < 1.29 is 9.47 Å². The van der Waals surface area contributed by atoms with Crippen LogP contribution in [-0.2, 0) is 6.42 Å². The number of nitrogen functional groups attached to an aromatic ring is 1. The minimum atomic E-state index is 0.465. The van der Waals surface area contributed by atoms with Crippen molar-refractivity contribution >= 4 is 27.9 Å². The van der Waals surface area contributed by atoms with Crippen molar-refractivity contribution in [2.75, 3.05) is 20.0 Å². The SMILES string of the molecule is CCCc1nc(-c2ccc(OC)c(OC)c2Cl)c(N)s1. The molecule has 0 amide bonds. The van der Waals surface area contributed by atoms with Gasteiger partial charge in [-0.1, -0.05) is 18.5 Å². The number of aryl methyl sites for hydroxylation is 1. The summed E-state index contributed by atoms with van der Waals surface area (Å²) in [7, 11) is 3.13. The molecule has 2 aromatic rings. The van der Waals surface area contributed by atoms with Crippen LogP contribution in [0.3, 0.4) is 0 Å². The van der Waals surface area contributed by atoms with Gasteiger partial charge in [-0.25, -0.2) is 4.98 Å². The molecule has 0 bridgehead atoms. The molecule has 0 fully saturated rings. The Kier molecular flexibility index (Phi) is 4.73. The van der Waals surface area contributed by atoms with E-state index in [2.05, 4.69) is 11.9 Å². The molecule has 108 valence electrons. The minimum absolute atomic E-state index is 0.465. The average molecular weight is 313 g/mol. The largest absolute Gasteiger partial charge is 0.493 e. The van der Waals surface area contributed by atoms with Gasteiger partial charge in [-0.2, -0.15) is 0 Å². The predicted molar refractivity (Wildman–Crippen MR) is 84.1 cm³/mol. The number of benzene rings is 1. The van der Waals surface area contributed by atoms with Crippen LogP contribution in [0.2, 0.25) is 5.02 Å². The van der Waals surface area contributed by atoms with Gasteiger partial charge >= 0.3 is 0 Å². The summed E-state index contributed by atoms with van der Waals surface area (Å²) in [6, 6.07) is 3.66. The number of nitrogens with zero attached hydrogens (tertiary/aromatic N) is 1. The number of hydrogen-bond donors (Lipinski definition) is 1. The van der Waals surface area contributed by atoms with Crippen LogP contribution in [0.25, 0.3) is 11.3 Å². The normalized spacial score (nSPS) is 10.6. The first kappa shape index (κ1) is 14.9. The molecule has 0 saturated heterocycles. The van der Waals surface area contributed by atoms with E-state index in [1.165, 1.54) is 11.3 Å². The van der Waals surface area contributed by atoms with Gasteiger partial charge in [0.15, 0.2) is 11.5 Å². The van der Waals surface area contributed by atoms with Gasteiger partial charge in [0.25, 0.3) is 0 Å². The third-order valence-electron chi connectivity index (χ3n) is 2.90. The summed E-state index contributed by atoms with van der Waals surface area (Å²) < 4.78 is 10.5. The number of methoxy groups -OCH3 is 2. The monoisotopic (exact) mass is 312 g/mol. The van der Waals surface area contributed by atoms with Crippen LogP contribution in [0, 0.1) is 0 Å². The van der Waals surface area contributed by atoms with Gasteiger partial charge in [-0.15, -0.1) is 11.3 Å². The van der Waals surface area contributed by atoms with Gasteiger partial charge in [-0.05, 0) is 25.0 Å². The van der Waals surface area contributed by atoms with Gasteiger partial charge < -0.3 is 15.2 Å². The van der Waals surface area contributed by atoms with Gasteiger partial charge in [0.05, 0.1) is 24.2 Å². The van der Waals surface area contributed by atoms with E-state index in [0.29, 0.717) is 27.2 Å². The molecule has 6 heteroatoms. The maximum absolute atomic E-state index is 6.39. The Morgan fingerprint density at radius 3 is 2.65 bits per heavy atom. The zero-order valence-corrected chi connectivity index (χ0v) is 13.3. The van der Waals surface area contributed by atoms with E-state index in [4.69, 9.17) is 26.8 Å². The molecule has 0 radical (unpaired) electrons. The van der Waals surface area contributed by atoms with Crippen LogP contribution >= 0.6 is 22.9 Å². The molecule has 0 atom stereocenters. The summed E-state index contributed by atoms with van der Waals surface area (Å²) in [5.41, 5.74) is 7.54. The van der Waals surface area contributed by atoms with Gasteiger partial charge in [-0.3, -0.25) is 0 Å². The molecule has 2 rings (SSSR count). The molecular weight excluding hydrogens is 296 g/mol. The highest BCUT2D eigenvalue weighted by Gasteiger charge is 2.18. The second kappa shape index (κ2) is 6.33. The van der Waals surface area contributed by atoms with Crippen LogP contribution in [-0.4, -0.2) is 19.2 Å². The molecule has 4 nitrogen and oxygen atoms in total. The topological polar surface area (TPSA) is 57.4 Å². The smallest absolute Gasteiger partial charge is 0.180 e. The third-order valence-corrected chi connectivity index (χ3v) is 4.22. The first-order valence-corrected chi connectivity index (χ1v) is 7.47. The summed E-state index contributed by atoms with van der Waals surface area (Å²) in [6.45, 7) is 2.11. The summed E-state index contributed by atoms with van der Waals surface area (Å²) in [6.07, 6.45) is 1.95. The summed E-state index contributed by atoms with van der Waals surface area (Å²) in [5.74, 6) is 1.08. The molecule has 0 aliphatic rings. The molecule has 0 aliphatic heterocycles. The van der Waals surface area contributed by atoms with Crippen molar-refractivity contribution in [3.8, 4) is 22.8 Å². The van der Waals surface area contributed by atoms with E-state index in [1.807, 2.05) is 6.07 Å². The number of anilines is 1. The highest BCUT2D eigenvalue weighted by atomic mass is 35.5. The molecule has 1 heterocycles. The predicted octanol–water partition coefficient (Wildman–Crippen LogP) is 4.02. The van der Waals surface area contributed by atoms with Crippen LogP contribution in [0.5, 0.6) is 11.5 Å². The molecule has 1 aromatic heterocycles. The number of halogens is 1. The second-order valence-corrected chi connectivity index (χ2v) is 5.73. The number of nitrogens with two attached hydrogens (primary N) is 1. The zero-order valence-electron chi connectivity index (χ0n) is 11.7. The summed E-state index contributed by atoms with van der Waals surface area (Å²) in [5, 5.41) is 2.15. The van der Waals surface area contributed by atoms with Crippen molar-refractivity contribution in [1.29, 1.82) is 0 Å². The van der Waals surface area contributed by atoms with Crippen LogP contribution in [0.4, 0.5) is 5.00 Å². The van der Waals surface area contributed by atoms with Crippen molar-refractivity contribution in [1.82, 2.24) is 4.98 Å². The maximum atomic E-state index is 6.39. The Bertz CT molecular complexity index is 613. The Morgan fingerprint density at radius 2 is 2.05 bits per heavy atom. The van der Waals surface area contributed by atoms with Crippen LogP contribution in [0.15, 0.2) is 12.1 Å². The van der Waals surface area contributed by atoms with E-state index in [1.54, 1.807) is 20.3 Å². The van der Waals surface area contributed by atoms with Crippen LogP contribution in [0.1, 0.15) is 18.4 Å². The third kappa shape index (κ3) is 2.69. The lowest BCUT2D eigenvalue weighted by Gasteiger charge is -2.12. The highest BCUT2D eigenvalue weighted by molar-refractivity contribution is 7.16. The maximum Gasteiger partial charge on any atom is 0.180 e. The standard InChI is InChI=1S/C14H17ClN2O2S/c1-4-5-10-17-12(14(16)20-10)8-6-7-9(18-2)13(19-3)11(8)15/h6-7H,4-5,16H2,1-3H3. The number of aromatic nitrogens is 1. The Morgan fingerprint density at radius 1 is 1.30 bits per heavy atom. The average Bonchev–Trinajstić information content (AvgIpc) is 2.79. The number of thiazole rings is 1. The molecule has 0 spiro atoms. The lowest BCUT2D eigenvalue weighted by atomic mass is 10.1. The second-order valence-electron chi connectivity index (χ2n) is 4.23. The number of hydrogen-bond acceptors (Lipinski definition) is 5. The lowest BCUT2D eigenvalue weighted by molar-refractivity contribution is 0.355. The zero-order chi connectivity index (χ0) is 14.7. The fraction of sp³-hybridized carbons (Fsp3) is 0.357. The van der Waals surface area contributed by atoms with E-state index < -0.39 is 0 Å². The first-order chi connectivity index (χ1) is 9.62. The molecule has 0 aliphatic carbocycles. The van der Waals surface area contributed by atoms with Gasteiger partial charge in [0.2, 0.25) is 0 Å². The minimum Gasteiger partial charge on any atom is -0.493 e. The molecule has 0 unspecified atom stereocenters. The van der Waals surface area contributed by atoms with Crippen molar-refractivity contribution in [2.24, 2.45) is 0 Å². The molecule has 1 aromatic carbocycles. The molecule has 0 saturated carbocycles. The lowest BCUT2D eigenvalue weighted by Crippen LogP contribution is -1.94. The fourth-order valence-corrected chi connectivity index (χ4v) is 3.24. The molecule has 20 heavy (non-hydrogen) atoms. The molecular formula is C14H17ClN2O2S. The fourth-order valence-electron chi connectivity index (χ4n) is 1.96. The first-order valence-electron chi connectivity index (χ1n) is 6.28. The molecule has 2 N–H and O–H groups in total. The summed E-state index contributed by atoms with van der Waals surface area (Å²) >= 11 is 7.89. The van der Waals surface area contributed by atoms with E-state index in [9.17, 15) is 0 Å². The quantitative estimate of drug-likeness (QED) is 0.906. The Labute approximate surface area is 127 Å². The van der Waals surface area contributed by atoms with Crippen molar-refractivity contribution in [3.63, 3.8) is 0 Å². The van der Waals surface area contributed by atoms with Gasteiger partial charge in [0.1, 0.15) is 10.7 Å². The van der Waals surface area contributed by atoms with E-state index >= 15 is 0 Å². The van der Waals surface area contributed by atoms with E-state index in [-0.39, 0.29) is 0 Å². The van der Waals surface area contributed by atoms with Gasteiger partial charge in [0, 0.05) is 5.56 Å². The number of ether oxygens (including phenoxy) is 2. The van der Waals surface area contributed by atoms with E-state index in [0.717, 1.165) is 23.4 Å². The van der Waals surface area contributed by atoms with Crippen molar-refractivity contribution in [3.05, 3.63) is 22.2 Å². The highest BCUT2D eigenvalue weighted by Crippen LogP contribution is 2.43. The Balaban J connectivity index is 2.53. The van der Waals surface area contributed by atoms with Crippen molar-refractivity contribution in [2.45, 2.75) is 19.8 Å².